The number of nitrogens with two attached hydrogens (primary N) is 1. The highest BCUT2D eigenvalue weighted by Crippen LogP contribution is 2.40. The molecule has 0 aromatic heterocycles. The van der Waals surface area contributed by atoms with Crippen LogP contribution >= 0.6 is 0 Å². The predicted octanol–water partition coefficient (Wildman–Crippen LogP) is 0.361. The molecule has 2 atom stereocenters. The van der Waals surface area contributed by atoms with Crippen molar-refractivity contribution in [3.63, 3.8) is 0 Å². The van der Waals surface area contributed by atoms with Gasteiger partial charge in [-0.15, -0.1) is 0 Å². The molecule has 14 heavy (non-hydrogen) atoms. The average Bonchev–Trinajstić information content (AvgIpc) is 2.75. The van der Waals surface area contributed by atoms with E-state index < -0.39 is 0 Å². The van der Waals surface area contributed by atoms with Crippen molar-refractivity contribution in [2.45, 2.75) is 25.8 Å². The molecule has 1 saturated carbocycles. The Bertz CT molecular complexity index is 199. The van der Waals surface area contributed by atoms with Crippen LogP contribution < -0.4 is 5.73 Å². The molecule has 2 rings (SSSR count). The average molecular weight is 197 g/mol. The van der Waals surface area contributed by atoms with Gasteiger partial charge in [-0.1, -0.05) is 13.8 Å². The number of nitrogens with zero attached hydrogens (tertiary/aromatic N) is 2. The van der Waals surface area contributed by atoms with Crippen molar-refractivity contribution < 1.29 is 0 Å². The van der Waals surface area contributed by atoms with Crippen LogP contribution in [0.1, 0.15) is 20.3 Å². The zero-order valence-electron chi connectivity index (χ0n) is 9.50. The third-order valence-electron chi connectivity index (χ3n) is 3.94. The molecule has 3 heteroatoms. The Hall–Kier alpha value is -0.120. The van der Waals surface area contributed by atoms with Crippen molar-refractivity contribution in [3.8, 4) is 0 Å². The molecule has 2 N–H and O–H groups in total. The minimum Gasteiger partial charge on any atom is -0.324 e. The van der Waals surface area contributed by atoms with Gasteiger partial charge in [0.1, 0.15) is 0 Å². The van der Waals surface area contributed by atoms with E-state index in [9.17, 15) is 0 Å². The molecular formula is C11H23N3. The summed E-state index contributed by atoms with van der Waals surface area (Å²) in [5.74, 6) is 0.742. The number of piperazine rings is 1. The van der Waals surface area contributed by atoms with Crippen molar-refractivity contribution in [3.05, 3.63) is 0 Å². The van der Waals surface area contributed by atoms with Crippen LogP contribution in [0.5, 0.6) is 0 Å². The smallest absolute Gasteiger partial charge is 0.0313 e. The molecule has 0 aromatic carbocycles. The summed E-state index contributed by atoms with van der Waals surface area (Å²) >= 11 is 0. The van der Waals surface area contributed by atoms with Gasteiger partial charge in [-0.2, -0.15) is 0 Å². The van der Waals surface area contributed by atoms with E-state index in [2.05, 4.69) is 23.6 Å². The first-order valence-electron chi connectivity index (χ1n) is 5.87. The van der Waals surface area contributed by atoms with E-state index in [1.54, 1.807) is 0 Å². The molecule has 1 aliphatic carbocycles. The van der Waals surface area contributed by atoms with Crippen molar-refractivity contribution in [2.24, 2.45) is 11.7 Å². The van der Waals surface area contributed by atoms with E-state index in [1.165, 1.54) is 39.1 Å². The zero-order valence-corrected chi connectivity index (χ0v) is 9.50. The summed E-state index contributed by atoms with van der Waals surface area (Å²) in [6, 6.07) is 0. The molecule has 0 bridgehead atoms. The second-order valence-electron chi connectivity index (χ2n) is 5.05. The van der Waals surface area contributed by atoms with Gasteiger partial charge < -0.3 is 10.6 Å². The quantitative estimate of drug-likeness (QED) is 0.709. The number of hydrogen-bond donors (Lipinski definition) is 1. The Morgan fingerprint density at radius 1 is 1.21 bits per heavy atom. The maximum atomic E-state index is 6.23. The Labute approximate surface area is 87.2 Å². The van der Waals surface area contributed by atoms with Crippen LogP contribution in [0.4, 0.5) is 0 Å². The van der Waals surface area contributed by atoms with Crippen molar-refractivity contribution in [2.75, 3.05) is 39.3 Å². The van der Waals surface area contributed by atoms with Gasteiger partial charge in [-0.3, -0.25) is 4.90 Å². The fourth-order valence-electron chi connectivity index (χ4n) is 2.41. The number of rotatable bonds is 3. The van der Waals surface area contributed by atoms with Crippen LogP contribution in [0.25, 0.3) is 0 Å². The third kappa shape index (κ3) is 2.10. The molecule has 2 aliphatic rings. The Morgan fingerprint density at radius 3 is 2.14 bits per heavy atom. The molecule has 2 unspecified atom stereocenters. The molecule has 3 nitrogen and oxygen atoms in total. The second kappa shape index (κ2) is 3.80. The molecular weight excluding hydrogens is 174 g/mol. The lowest BCUT2D eigenvalue weighted by molar-refractivity contribution is 0.127. The minimum absolute atomic E-state index is 0.161. The standard InChI is InChI=1S/C11H23N3/c1-3-13-4-6-14(7-5-13)9-11(12)8-10(11)2/h10H,3-9,12H2,1-2H3. The normalized spacial score (nSPS) is 40.1. The van der Waals surface area contributed by atoms with E-state index in [4.69, 9.17) is 5.73 Å². The molecule has 82 valence electrons. The number of hydrogen-bond acceptors (Lipinski definition) is 3. The SMILES string of the molecule is CCN1CCN(CC2(N)CC2C)CC1. The van der Waals surface area contributed by atoms with Crippen LogP contribution in [-0.2, 0) is 0 Å². The summed E-state index contributed by atoms with van der Waals surface area (Å²) in [6.45, 7) is 11.7. The molecule has 0 spiro atoms. The first-order valence-corrected chi connectivity index (χ1v) is 5.87. The molecule has 1 saturated heterocycles. The fourth-order valence-corrected chi connectivity index (χ4v) is 2.41. The van der Waals surface area contributed by atoms with E-state index in [1.807, 2.05) is 0 Å². The summed E-state index contributed by atoms with van der Waals surface area (Å²) in [5, 5.41) is 0. The highest BCUT2D eigenvalue weighted by atomic mass is 15.3. The maximum absolute atomic E-state index is 6.23. The van der Waals surface area contributed by atoms with Gasteiger partial charge in [0.2, 0.25) is 0 Å². The molecule has 2 fully saturated rings. The lowest BCUT2D eigenvalue weighted by Crippen LogP contribution is -2.50. The summed E-state index contributed by atoms with van der Waals surface area (Å²) < 4.78 is 0. The Morgan fingerprint density at radius 2 is 1.71 bits per heavy atom. The van der Waals surface area contributed by atoms with E-state index in [0.29, 0.717) is 0 Å². The summed E-state index contributed by atoms with van der Waals surface area (Å²) in [5.41, 5.74) is 6.39. The first-order chi connectivity index (χ1) is 6.64. The monoisotopic (exact) mass is 197 g/mol. The van der Waals surface area contributed by atoms with Gasteiger partial charge in [0.25, 0.3) is 0 Å². The van der Waals surface area contributed by atoms with Crippen LogP contribution in [0.3, 0.4) is 0 Å². The molecule has 0 radical (unpaired) electrons. The van der Waals surface area contributed by atoms with Crippen LogP contribution in [0.15, 0.2) is 0 Å². The van der Waals surface area contributed by atoms with Gasteiger partial charge >= 0.3 is 0 Å². The molecule has 0 aromatic rings. The largest absolute Gasteiger partial charge is 0.324 e. The fraction of sp³-hybridized carbons (Fsp3) is 1.00. The predicted molar refractivity (Wildman–Crippen MR) is 59.3 cm³/mol. The van der Waals surface area contributed by atoms with Crippen LogP contribution in [-0.4, -0.2) is 54.6 Å². The van der Waals surface area contributed by atoms with Crippen molar-refractivity contribution in [1.82, 2.24) is 9.80 Å². The maximum Gasteiger partial charge on any atom is 0.0313 e. The van der Waals surface area contributed by atoms with E-state index in [0.717, 1.165) is 12.5 Å². The van der Waals surface area contributed by atoms with Crippen LogP contribution in [0.2, 0.25) is 0 Å². The summed E-state index contributed by atoms with van der Waals surface area (Å²) in [4.78, 5) is 5.05. The zero-order chi connectivity index (χ0) is 10.2. The Balaban J connectivity index is 1.74. The lowest BCUT2D eigenvalue weighted by Gasteiger charge is -2.35. The van der Waals surface area contributed by atoms with Crippen molar-refractivity contribution in [1.29, 1.82) is 0 Å². The van der Waals surface area contributed by atoms with Gasteiger partial charge in [-0.05, 0) is 18.9 Å². The summed E-state index contributed by atoms with van der Waals surface area (Å²) in [7, 11) is 0. The lowest BCUT2D eigenvalue weighted by atomic mass is 10.2. The van der Waals surface area contributed by atoms with E-state index in [-0.39, 0.29) is 5.54 Å². The highest BCUT2D eigenvalue weighted by molar-refractivity contribution is 5.07. The molecule has 1 aliphatic heterocycles. The highest BCUT2D eigenvalue weighted by Gasteiger charge is 2.48. The van der Waals surface area contributed by atoms with Gasteiger partial charge in [0.15, 0.2) is 0 Å². The van der Waals surface area contributed by atoms with Gasteiger partial charge in [0, 0.05) is 38.3 Å². The second-order valence-corrected chi connectivity index (χ2v) is 5.05. The Kier molecular flexibility index (Phi) is 2.82. The first kappa shape index (κ1) is 10.4. The number of likely N-dealkylation sites (N-methyl/N-ethyl adjacent to an activating group) is 1. The van der Waals surface area contributed by atoms with Crippen LogP contribution in [0, 0.1) is 5.92 Å². The molecule has 1 heterocycles. The van der Waals surface area contributed by atoms with Crippen molar-refractivity contribution >= 4 is 0 Å². The molecule has 0 amide bonds. The topological polar surface area (TPSA) is 32.5 Å². The summed E-state index contributed by atoms with van der Waals surface area (Å²) in [6.07, 6.45) is 1.22. The third-order valence-corrected chi connectivity index (χ3v) is 3.94. The minimum atomic E-state index is 0.161. The van der Waals surface area contributed by atoms with E-state index >= 15 is 0 Å². The van der Waals surface area contributed by atoms with Gasteiger partial charge in [-0.25, -0.2) is 0 Å². The van der Waals surface area contributed by atoms with Gasteiger partial charge in [0.05, 0.1) is 0 Å².